The van der Waals surface area contributed by atoms with Gasteiger partial charge in [-0.25, -0.2) is 15.0 Å². The van der Waals surface area contributed by atoms with Crippen LogP contribution in [0.1, 0.15) is 12.7 Å². The van der Waals surface area contributed by atoms with Crippen LogP contribution in [-0.4, -0.2) is 21.5 Å². The molecule has 2 aromatic heterocycles. The Balaban J connectivity index is 1.94. The second-order valence-corrected chi connectivity index (χ2v) is 4.94. The molecule has 3 rings (SSSR count). The standard InChI is InChI=1S/C15H16N4O/c1-10(8-16)6-15-17-5-4-12(19-15)11-2-3-13-14(7-11)20-9-18-13/h2-5,7,9-10H,6,8,16H2,1H3. The highest BCUT2D eigenvalue weighted by atomic mass is 16.3. The maximum Gasteiger partial charge on any atom is 0.181 e. The molecule has 20 heavy (non-hydrogen) atoms. The monoisotopic (exact) mass is 268 g/mol. The lowest BCUT2D eigenvalue weighted by atomic mass is 10.1. The van der Waals surface area contributed by atoms with Gasteiger partial charge < -0.3 is 10.2 Å². The van der Waals surface area contributed by atoms with Gasteiger partial charge >= 0.3 is 0 Å². The van der Waals surface area contributed by atoms with E-state index in [-0.39, 0.29) is 0 Å². The fourth-order valence-corrected chi connectivity index (χ4v) is 2.07. The van der Waals surface area contributed by atoms with Gasteiger partial charge in [-0.3, -0.25) is 0 Å². The highest BCUT2D eigenvalue weighted by Crippen LogP contribution is 2.22. The minimum Gasteiger partial charge on any atom is -0.443 e. The minimum atomic E-state index is 0.377. The van der Waals surface area contributed by atoms with E-state index in [0.717, 1.165) is 34.6 Å². The third kappa shape index (κ3) is 2.53. The van der Waals surface area contributed by atoms with Crippen molar-refractivity contribution in [3.05, 3.63) is 42.7 Å². The summed E-state index contributed by atoms with van der Waals surface area (Å²) in [6.45, 7) is 2.73. The molecule has 0 aliphatic carbocycles. The summed E-state index contributed by atoms with van der Waals surface area (Å²) in [6, 6.07) is 7.76. The van der Waals surface area contributed by atoms with Gasteiger partial charge in [0.1, 0.15) is 11.3 Å². The summed E-state index contributed by atoms with van der Waals surface area (Å²) in [4.78, 5) is 13.0. The molecule has 2 N–H and O–H groups in total. The fourth-order valence-electron chi connectivity index (χ4n) is 2.07. The molecule has 0 bridgehead atoms. The van der Waals surface area contributed by atoms with Crippen LogP contribution in [0.15, 0.2) is 41.3 Å². The number of aromatic nitrogens is 3. The molecule has 0 saturated heterocycles. The number of rotatable bonds is 4. The van der Waals surface area contributed by atoms with E-state index in [9.17, 15) is 0 Å². The molecule has 5 heteroatoms. The summed E-state index contributed by atoms with van der Waals surface area (Å²) < 4.78 is 5.32. The molecule has 0 fully saturated rings. The minimum absolute atomic E-state index is 0.377. The Kier molecular flexibility index (Phi) is 3.43. The van der Waals surface area contributed by atoms with Gasteiger partial charge in [-0.2, -0.15) is 0 Å². The Hall–Kier alpha value is -2.27. The lowest BCUT2D eigenvalue weighted by Gasteiger charge is -2.08. The van der Waals surface area contributed by atoms with E-state index in [4.69, 9.17) is 10.2 Å². The first kappa shape index (κ1) is 12.7. The number of fused-ring (bicyclic) bond motifs is 1. The molecule has 0 radical (unpaired) electrons. The molecule has 1 atom stereocenters. The zero-order valence-corrected chi connectivity index (χ0v) is 11.3. The van der Waals surface area contributed by atoms with Gasteiger partial charge in [0, 0.05) is 18.2 Å². The molecule has 0 saturated carbocycles. The van der Waals surface area contributed by atoms with Gasteiger partial charge in [0.05, 0.1) is 5.69 Å². The maximum atomic E-state index is 5.64. The first-order valence-corrected chi connectivity index (χ1v) is 6.62. The largest absolute Gasteiger partial charge is 0.443 e. The summed E-state index contributed by atoms with van der Waals surface area (Å²) in [5.41, 5.74) is 9.14. The SMILES string of the molecule is CC(CN)Cc1nccc(-c2ccc3ncoc3c2)n1. The van der Waals surface area contributed by atoms with Crippen molar-refractivity contribution in [3.63, 3.8) is 0 Å². The van der Waals surface area contributed by atoms with E-state index >= 15 is 0 Å². The Morgan fingerprint density at radius 3 is 3.00 bits per heavy atom. The molecule has 0 amide bonds. The van der Waals surface area contributed by atoms with Crippen molar-refractivity contribution in [2.24, 2.45) is 11.7 Å². The van der Waals surface area contributed by atoms with Crippen LogP contribution in [0.4, 0.5) is 0 Å². The summed E-state index contributed by atoms with van der Waals surface area (Å²) in [5, 5.41) is 0. The number of nitrogens with two attached hydrogens (primary N) is 1. The van der Waals surface area contributed by atoms with Crippen molar-refractivity contribution >= 4 is 11.1 Å². The average Bonchev–Trinajstić information content (AvgIpc) is 2.94. The average molecular weight is 268 g/mol. The number of hydrogen-bond donors (Lipinski definition) is 1. The molecule has 102 valence electrons. The highest BCUT2D eigenvalue weighted by molar-refractivity contribution is 5.78. The second kappa shape index (κ2) is 5.38. The highest BCUT2D eigenvalue weighted by Gasteiger charge is 2.08. The molecule has 0 aliphatic heterocycles. The van der Waals surface area contributed by atoms with Crippen molar-refractivity contribution in [1.82, 2.24) is 15.0 Å². The van der Waals surface area contributed by atoms with Crippen molar-refractivity contribution in [3.8, 4) is 11.3 Å². The second-order valence-electron chi connectivity index (χ2n) is 4.94. The van der Waals surface area contributed by atoms with Gasteiger partial charge in [-0.05, 0) is 30.7 Å². The third-order valence-electron chi connectivity index (χ3n) is 3.27. The van der Waals surface area contributed by atoms with Crippen molar-refractivity contribution in [2.45, 2.75) is 13.3 Å². The number of benzene rings is 1. The zero-order chi connectivity index (χ0) is 13.9. The van der Waals surface area contributed by atoms with Crippen LogP contribution in [0.5, 0.6) is 0 Å². The van der Waals surface area contributed by atoms with Crippen LogP contribution >= 0.6 is 0 Å². The molecule has 2 heterocycles. The quantitative estimate of drug-likeness (QED) is 0.786. The normalized spacial score (nSPS) is 12.7. The lowest BCUT2D eigenvalue weighted by Crippen LogP contribution is -2.14. The Bertz CT molecular complexity index is 722. The van der Waals surface area contributed by atoms with Crippen molar-refractivity contribution < 1.29 is 4.42 Å². The van der Waals surface area contributed by atoms with Crippen LogP contribution in [0, 0.1) is 5.92 Å². The molecule has 5 nitrogen and oxygen atoms in total. The van der Waals surface area contributed by atoms with E-state index in [1.54, 1.807) is 6.20 Å². The molecule has 3 aromatic rings. The van der Waals surface area contributed by atoms with E-state index in [1.165, 1.54) is 6.39 Å². The van der Waals surface area contributed by atoms with Gasteiger partial charge in [0.2, 0.25) is 0 Å². The predicted octanol–water partition coefficient (Wildman–Crippen LogP) is 2.42. The Morgan fingerprint density at radius 1 is 1.25 bits per heavy atom. The van der Waals surface area contributed by atoms with Crippen LogP contribution in [0.3, 0.4) is 0 Å². The van der Waals surface area contributed by atoms with E-state index < -0.39 is 0 Å². The van der Waals surface area contributed by atoms with Crippen molar-refractivity contribution in [2.75, 3.05) is 6.54 Å². The van der Waals surface area contributed by atoms with Crippen molar-refractivity contribution in [1.29, 1.82) is 0 Å². The van der Waals surface area contributed by atoms with E-state index in [0.29, 0.717) is 12.5 Å². The van der Waals surface area contributed by atoms with Crippen LogP contribution < -0.4 is 5.73 Å². The first-order valence-electron chi connectivity index (χ1n) is 6.62. The molecular formula is C15H16N4O. The number of oxazole rings is 1. The molecule has 1 unspecified atom stereocenters. The molecule has 0 spiro atoms. The van der Waals surface area contributed by atoms with Gasteiger partial charge in [0.25, 0.3) is 0 Å². The molecule has 0 aliphatic rings. The first-order chi connectivity index (χ1) is 9.76. The Labute approximate surface area is 116 Å². The van der Waals surface area contributed by atoms with E-state index in [2.05, 4.69) is 21.9 Å². The van der Waals surface area contributed by atoms with Gasteiger partial charge in [0.15, 0.2) is 12.0 Å². The summed E-state index contributed by atoms with van der Waals surface area (Å²) in [6.07, 6.45) is 4.02. The number of nitrogens with zero attached hydrogens (tertiary/aromatic N) is 3. The lowest BCUT2D eigenvalue weighted by molar-refractivity contribution is 0.574. The van der Waals surface area contributed by atoms with Gasteiger partial charge in [-0.1, -0.05) is 13.0 Å². The Morgan fingerprint density at radius 2 is 2.15 bits per heavy atom. The topological polar surface area (TPSA) is 77.8 Å². The maximum absolute atomic E-state index is 5.64. The zero-order valence-electron chi connectivity index (χ0n) is 11.3. The van der Waals surface area contributed by atoms with Crippen LogP contribution in [0.2, 0.25) is 0 Å². The van der Waals surface area contributed by atoms with Crippen LogP contribution in [0.25, 0.3) is 22.4 Å². The van der Waals surface area contributed by atoms with Gasteiger partial charge in [-0.15, -0.1) is 0 Å². The molecule has 1 aromatic carbocycles. The summed E-state index contributed by atoms with van der Waals surface area (Å²) >= 11 is 0. The number of hydrogen-bond acceptors (Lipinski definition) is 5. The van der Waals surface area contributed by atoms with E-state index in [1.807, 2.05) is 24.3 Å². The summed E-state index contributed by atoms with van der Waals surface area (Å²) in [5.74, 6) is 1.19. The molecular weight excluding hydrogens is 252 g/mol. The fraction of sp³-hybridized carbons (Fsp3) is 0.267. The predicted molar refractivity (Wildman–Crippen MR) is 77.0 cm³/mol. The third-order valence-corrected chi connectivity index (χ3v) is 3.27. The van der Waals surface area contributed by atoms with Crippen LogP contribution in [-0.2, 0) is 6.42 Å². The smallest absolute Gasteiger partial charge is 0.181 e. The summed E-state index contributed by atoms with van der Waals surface area (Å²) in [7, 11) is 0.